The van der Waals surface area contributed by atoms with Gasteiger partial charge in [0.05, 0.1) is 29.2 Å². The molecular formula is C21H18N6OS. The van der Waals surface area contributed by atoms with E-state index in [1.807, 2.05) is 67.6 Å². The summed E-state index contributed by atoms with van der Waals surface area (Å²) < 4.78 is 3.38. The number of hydrogen-bond donors (Lipinski definition) is 1. The maximum absolute atomic E-state index is 12.2. The van der Waals surface area contributed by atoms with Gasteiger partial charge in [0.1, 0.15) is 6.07 Å². The molecule has 0 fully saturated rings. The maximum Gasteiger partial charge on any atom is 0.344 e. The van der Waals surface area contributed by atoms with Crippen LogP contribution < -0.4 is 5.69 Å². The SMILES string of the molecule is Cc1nn(-c2ccccc2)c(CSc2n[nH]c(=O)n2Cc2ccccc2)c1C#N. The normalized spacial score (nSPS) is 10.8. The summed E-state index contributed by atoms with van der Waals surface area (Å²) in [7, 11) is 0. The van der Waals surface area contributed by atoms with E-state index in [-0.39, 0.29) is 5.69 Å². The molecule has 8 heteroatoms. The Morgan fingerprint density at radius 2 is 1.79 bits per heavy atom. The van der Waals surface area contributed by atoms with Gasteiger partial charge in [0.2, 0.25) is 0 Å². The van der Waals surface area contributed by atoms with Crippen LogP contribution in [0.5, 0.6) is 0 Å². The van der Waals surface area contributed by atoms with Crippen molar-refractivity contribution in [1.82, 2.24) is 24.5 Å². The standard InChI is InChI=1S/C21H18N6OS/c1-15-18(12-22)19(27(25-15)17-10-6-3-7-11-17)14-29-21-24-23-20(28)26(21)13-16-8-4-2-5-9-16/h2-11H,13-14H2,1H3,(H,23,28). The molecule has 0 spiro atoms. The van der Waals surface area contributed by atoms with E-state index in [2.05, 4.69) is 21.4 Å². The Bertz CT molecular complexity index is 1220. The zero-order valence-electron chi connectivity index (χ0n) is 15.7. The highest BCUT2D eigenvalue weighted by atomic mass is 32.2. The number of aromatic nitrogens is 5. The third-order valence-electron chi connectivity index (χ3n) is 4.51. The number of H-pyrrole nitrogens is 1. The highest BCUT2D eigenvalue weighted by Crippen LogP contribution is 2.26. The van der Waals surface area contributed by atoms with Crippen molar-refractivity contribution in [2.45, 2.75) is 24.4 Å². The Kier molecular flexibility index (Phi) is 5.31. The maximum atomic E-state index is 12.2. The predicted octanol–water partition coefficient (Wildman–Crippen LogP) is 3.28. The number of aryl methyl sites for hydroxylation is 1. The van der Waals surface area contributed by atoms with Gasteiger partial charge in [-0.3, -0.25) is 4.57 Å². The van der Waals surface area contributed by atoms with Crippen molar-refractivity contribution in [2.75, 3.05) is 0 Å². The van der Waals surface area contributed by atoms with Crippen LogP contribution in [0.2, 0.25) is 0 Å². The van der Waals surface area contributed by atoms with E-state index in [1.54, 1.807) is 9.25 Å². The second kappa shape index (κ2) is 8.20. The average molecular weight is 402 g/mol. The molecule has 0 aliphatic heterocycles. The van der Waals surface area contributed by atoms with Crippen LogP contribution in [0.1, 0.15) is 22.5 Å². The number of nitriles is 1. The van der Waals surface area contributed by atoms with Gasteiger partial charge in [-0.2, -0.15) is 10.4 Å². The molecule has 4 aromatic rings. The van der Waals surface area contributed by atoms with Gasteiger partial charge in [-0.15, -0.1) is 5.10 Å². The highest BCUT2D eigenvalue weighted by Gasteiger charge is 2.18. The van der Waals surface area contributed by atoms with Crippen LogP contribution in [0, 0.1) is 18.3 Å². The van der Waals surface area contributed by atoms with Gasteiger partial charge >= 0.3 is 5.69 Å². The lowest BCUT2D eigenvalue weighted by atomic mass is 10.2. The van der Waals surface area contributed by atoms with Crippen LogP contribution in [0.25, 0.3) is 5.69 Å². The molecule has 0 unspecified atom stereocenters. The number of aromatic amines is 1. The molecular weight excluding hydrogens is 384 g/mol. The summed E-state index contributed by atoms with van der Waals surface area (Å²) in [5.41, 5.74) is 3.65. The molecule has 29 heavy (non-hydrogen) atoms. The Morgan fingerprint density at radius 3 is 2.48 bits per heavy atom. The number of nitrogens with one attached hydrogen (secondary N) is 1. The monoisotopic (exact) mass is 402 g/mol. The van der Waals surface area contributed by atoms with E-state index in [4.69, 9.17) is 0 Å². The van der Waals surface area contributed by atoms with Crippen LogP contribution in [0.15, 0.2) is 70.6 Å². The van der Waals surface area contributed by atoms with Crippen LogP contribution in [0.3, 0.4) is 0 Å². The molecule has 2 aromatic carbocycles. The molecule has 0 saturated carbocycles. The van der Waals surface area contributed by atoms with Crippen molar-refractivity contribution in [3.8, 4) is 11.8 Å². The fraction of sp³-hybridized carbons (Fsp3) is 0.143. The second-order valence-corrected chi connectivity index (χ2v) is 7.38. The quantitative estimate of drug-likeness (QED) is 0.500. The topological polar surface area (TPSA) is 92.3 Å². The van der Waals surface area contributed by atoms with Gasteiger partial charge in [-0.1, -0.05) is 60.3 Å². The molecule has 0 aliphatic carbocycles. The first-order valence-electron chi connectivity index (χ1n) is 9.03. The van der Waals surface area contributed by atoms with Gasteiger partial charge in [0, 0.05) is 5.75 Å². The van der Waals surface area contributed by atoms with E-state index in [9.17, 15) is 10.1 Å². The Morgan fingerprint density at radius 1 is 1.10 bits per heavy atom. The first-order valence-corrected chi connectivity index (χ1v) is 10.0. The lowest BCUT2D eigenvalue weighted by Gasteiger charge is -2.08. The number of hydrogen-bond acceptors (Lipinski definition) is 5. The van der Waals surface area contributed by atoms with E-state index >= 15 is 0 Å². The smallest absolute Gasteiger partial charge is 0.266 e. The van der Waals surface area contributed by atoms with E-state index < -0.39 is 0 Å². The van der Waals surface area contributed by atoms with Gasteiger partial charge in [-0.05, 0) is 24.6 Å². The summed E-state index contributed by atoms with van der Waals surface area (Å²) in [6, 6.07) is 21.7. The molecule has 0 atom stereocenters. The lowest BCUT2D eigenvalue weighted by Crippen LogP contribution is -2.18. The molecule has 2 aromatic heterocycles. The highest BCUT2D eigenvalue weighted by molar-refractivity contribution is 7.98. The average Bonchev–Trinajstić information content (AvgIpc) is 3.27. The molecule has 0 saturated heterocycles. The van der Waals surface area contributed by atoms with Gasteiger partial charge in [0.15, 0.2) is 5.16 Å². The first-order chi connectivity index (χ1) is 14.2. The van der Waals surface area contributed by atoms with Crippen molar-refractivity contribution >= 4 is 11.8 Å². The van der Waals surface area contributed by atoms with Crippen LogP contribution in [-0.2, 0) is 12.3 Å². The minimum atomic E-state index is -0.260. The third-order valence-corrected chi connectivity index (χ3v) is 5.50. The fourth-order valence-corrected chi connectivity index (χ4v) is 4.03. The molecule has 2 heterocycles. The molecule has 0 bridgehead atoms. The second-order valence-electron chi connectivity index (χ2n) is 6.44. The predicted molar refractivity (Wildman–Crippen MR) is 111 cm³/mol. The Labute approximate surface area is 171 Å². The first kappa shape index (κ1) is 18.8. The summed E-state index contributed by atoms with van der Waals surface area (Å²) in [6.45, 7) is 2.26. The van der Waals surface area contributed by atoms with Crippen molar-refractivity contribution < 1.29 is 0 Å². The van der Waals surface area contributed by atoms with Crippen molar-refractivity contribution in [3.63, 3.8) is 0 Å². The zero-order chi connectivity index (χ0) is 20.2. The number of rotatable bonds is 6. The van der Waals surface area contributed by atoms with Crippen molar-refractivity contribution in [3.05, 3.63) is 93.7 Å². The third kappa shape index (κ3) is 3.86. The minimum Gasteiger partial charge on any atom is -0.266 e. The van der Waals surface area contributed by atoms with Gasteiger partial charge in [0.25, 0.3) is 0 Å². The van der Waals surface area contributed by atoms with Crippen LogP contribution >= 0.6 is 11.8 Å². The van der Waals surface area contributed by atoms with E-state index in [0.29, 0.717) is 28.7 Å². The molecule has 0 radical (unpaired) electrons. The van der Waals surface area contributed by atoms with Gasteiger partial charge < -0.3 is 0 Å². The largest absolute Gasteiger partial charge is 0.344 e. The Balaban J connectivity index is 1.64. The number of nitrogens with zero attached hydrogens (tertiary/aromatic N) is 5. The Hall–Kier alpha value is -3.57. The van der Waals surface area contributed by atoms with Crippen LogP contribution in [0.4, 0.5) is 0 Å². The molecule has 7 nitrogen and oxygen atoms in total. The summed E-state index contributed by atoms with van der Waals surface area (Å²) in [5.74, 6) is 0.456. The zero-order valence-corrected chi connectivity index (χ0v) is 16.6. The molecule has 1 N–H and O–H groups in total. The van der Waals surface area contributed by atoms with E-state index in [0.717, 1.165) is 16.9 Å². The number of benzene rings is 2. The molecule has 0 aliphatic rings. The summed E-state index contributed by atoms with van der Waals surface area (Å²) in [4.78, 5) is 12.2. The summed E-state index contributed by atoms with van der Waals surface area (Å²) >= 11 is 1.40. The summed E-state index contributed by atoms with van der Waals surface area (Å²) in [6.07, 6.45) is 0. The number of thioether (sulfide) groups is 1. The number of para-hydroxylation sites is 1. The van der Waals surface area contributed by atoms with Crippen LogP contribution in [-0.4, -0.2) is 24.5 Å². The fourth-order valence-electron chi connectivity index (χ4n) is 3.09. The summed E-state index contributed by atoms with van der Waals surface area (Å²) in [5, 5.41) is 21.4. The minimum absolute atomic E-state index is 0.260. The molecule has 0 amide bonds. The van der Waals surface area contributed by atoms with Crippen molar-refractivity contribution in [1.29, 1.82) is 5.26 Å². The lowest BCUT2D eigenvalue weighted by molar-refractivity contribution is 0.686. The van der Waals surface area contributed by atoms with Crippen molar-refractivity contribution in [2.24, 2.45) is 0 Å². The molecule has 4 rings (SSSR count). The van der Waals surface area contributed by atoms with Gasteiger partial charge in [-0.25, -0.2) is 14.6 Å². The molecule has 144 valence electrons. The van der Waals surface area contributed by atoms with E-state index in [1.165, 1.54) is 11.8 Å².